The van der Waals surface area contributed by atoms with Gasteiger partial charge in [0.1, 0.15) is 18.7 Å². The molecular weight excluding hydrogens is 592 g/mol. The number of amides is 6. The number of carbonyl (C=O) groups is 6. The lowest BCUT2D eigenvalue weighted by atomic mass is 9.83. The van der Waals surface area contributed by atoms with E-state index in [0.29, 0.717) is 19.5 Å². The van der Waals surface area contributed by atoms with Crippen LogP contribution in [-0.4, -0.2) is 84.4 Å². The van der Waals surface area contributed by atoms with Crippen LogP contribution in [-0.2, 0) is 23.9 Å². The fourth-order valence-corrected chi connectivity index (χ4v) is 7.39. The van der Waals surface area contributed by atoms with Crippen LogP contribution in [0.4, 0.5) is 9.59 Å². The zero-order chi connectivity index (χ0) is 34.0. The lowest BCUT2D eigenvalue weighted by Gasteiger charge is -2.38. The van der Waals surface area contributed by atoms with E-state index in [1.807, 2.05) is 20.8 Å². The number of fused-ring (bicyclic) bond motifs is 1. The smallest absolute Gasteiger partial charge is 0.407 e. The molecule has 1 unspecified atom stereocenters. The Kier molecular flexibility index (Phi) is 10.9. The molecule has 1 heterocycles. The van der Waals surface area contributed by atoms with Crippen molar-refractivity contribution in [3.8, 4) is 0 Å². The fraction of sp³-hybridized carbons (Fsp3) is 0.818. The summed E-state index contributed by atoms with van der Waals surface area (Å²) in [5.41, 5.74) is 4.68. The van der Waals surface area contributed by atoms with Crippen molar-refractivity contribution in [2.45, 2.75) is 117 Å². The first-order chi connectivity index (χ1) is 21.6. The summed E-state index contributed by atoms with van der Waals surface area (Å²) in [5.74, 6) is -2.58. The number of rotatable bonds is 13. The molecular formula is C33H54N6O7. The zero-order valence-corrected chi connectivity index (χ0v) is 28.3. The van der Waals surface area contributed by atoms with Gasteiger partial charge < -0.3 is 36.6 Å². The van der Waals surface area contributed by atoms with Gasteiger partial charge in [0.15, 0.2) is 0 Å². The second kappa shape index (κ2) is 14.2. The molecule has 0 spiro atoms. The molecule has 6 amide bonds. The Morgan fingerprint density at radius 1 is 0.957 bits per heavy atom. The van der Waals surface area contributed by atoms with Crippen molar-refractivity contribution in [1.82, 2.24) is 26.2 Å². The standard InChI is InChI=1S/C33H54N6O7/c1-7-35-31(45)46-17-22(32(2,3)4)37-30(44)38-24(19-11-9-8-10-12-19)29(43)39-16-20-23(33(20,5)6)25(39)28(42)36-21(15-18-13-14-18)26(40)27(34)41/h18-25H,7-17H2,1-6H3,(H2,34,41)(H,35,45)(H,36,42)(H2,37,38,44)/t20-,21?,22+,23-,24-,25-/m0/s1. The summed E-state index contributed by atoms with van der Waals surface area (Å²) in [7, 11) is 0. The number of likely N-dealkylation sites (tertiary alicyclic amines) is 1. The number of nitrogens with zero attached hydrogens (tertiary/aromatic N) is 1. The number of alkyl carbamates (subject to hydrolysis) is 1. The monoisotopic (exact) mass is 646 g/mol. The number of carbonyl (C=O) groups excluding carboxylic acids is 6. The van der Waals surface area contributed by atoms with Crippen LogP contribution in [0.2, 0.25) is 0 Å². The van der Waals surface area contributed by atoms with E-state index in [9.17, 15) is 28.8 Å². The molecule has 0 aromatic rings. The second-order valence-corrected chi connectivity index (χ2v) is 15.4. The molecule has 13 nitrogen and oxygen atoms in total. The number of hydrogen-bond acceptors (Lipinski definition) is 7. The van der Waals surface area contributed by atoms with Gasteiger partial charge in [-0.3, -0.25) is 19.2 Å². The molecule has 0 aromatic carbocycles. The Morgan fingerprint density at radius 3 is 2.17 bits per heavy atom. The number of piperidine rings is 1. The number of primary amides is 1. The van der Waals surface area contributed by atoms with Crippen molar-refractivity contribution in [3.63, 3.8) is 0 Å². The number of urea groups is 1. The van der Waals surface area contributed by atoms with Crippen molar-refractivity contribution in [1.29, 1.82) is 0 Å². The van der Waals surface area contributed by atoms with Crippen LogP contribution in [0.5, 0.6) is 0 Å². The van der Waals surface area contributed by atoms with E-state index in [0.717, 1.165) is 44.9 Å². The highest BCUT2D eigenvalue weighted by Crippen LogP contribution is 2.65. The van der Waals surface area contributed by atoms with Crippen LogP contribution in [0.1, 0.15) is 92.9 Å². The van der Waals surface area contributed by atoms with Gasteiger partial charge in [0.05, 0.1) is 12.1 Å². The molecule has 46 heavy (non-hydrogen) atoms. The average molecular weight is 647 g/mol. The molecule has 0 aromatic heterocycles. The van der Waals surface area contributed by atoms with Crippen LogP contribution >= 0.6 is 0 Å². The third-order valence-electron chi connectivity index (χ3n) is 10.6. The van der Waals surface area contributed by atoms with Crippen molar-refractivity contribution >= 4 is 35.6 Å². The zero-order valence-electron chi connectivity index (χ0n) is 28.3. The van der Waals surface area contributed by atoms with Crippen LogP contribution < -0.4 is 27.0 Å². The molecule has 13 heteroatoms. The number of Topliss-reactive ketones (excluding diaryl/α,β-unsaturated/α-hetero) is 1. The lowest BCUT2D eigenvalue weighted by Crippen LogP contribution is -2.61. The van der Waals surface area contributed by atoms with Gasteiger partial charge in [0.25, 0.3) is 5.91 Å². The van der Waals surface area contributed by atoms with Crippen molar-refractivity contribution in [2.24, 2.45) is 40.2 Å². The second-order valence-electron chi connectivity index (χ2n) is 15.4. The van der Waals surface area contributed by atoms with Gasteiger partial charge in [-0.15, -0.1) is 0 Å². The molecule has 4 rings (SSSR count). The van der Waals surface area contributed by atoms with Crippen LogP contribution in [0.25, 0.3) is 0 Å². The number of nitrogens with two attached hydrogens (primary N) is 1. The van der Waals surface area contributed by atoms with Gasteiger partial charge in [0.2, 0.25) is 17.6 Å². The highest BCUT2D eigenvalue weighted by atomic mass is 16.5. The Labute approximate surface area is 272 Å². The van der Waals surface area contributed by atoms with E-state index in [1.165, 1.54) is 0 Å². The lowest BCUT2D eigenvalue weighted by molar-refractivity contribution is -0.144. The van der Waals surface area contributed by atoms with Gasteiger partial charge in [-0.05, 0) is 60.7 Å². The maximum absolute atomic E-state index is 14.4. The van der Waals surface area contributed by atoms with E-state index >= 15 is 0 Å². The minimum Gasteiger partial charge on any atom is -0.447 e. The minimum absolute atomic E-state index is 0.0519. The summed E-state index contributed by atoms with van der Waals surface area (Å²) < 4.78 is 5.32. The minimum atomic E-state index is -1.09. The first kappa shape index (κ1) is 35.5. The number of nitrogens with one attached hydrogen (secondary N) is 4. The summed E-state index contributed by atoms with van der Waals surface area (Å²) in [5, 5.41) is 11.2. The normalized spacial score (nSPS) is 25.7. The van der Waals surface area contributed by atoms with Crippen LogP contribution in [0.3, 0.4) is 0 Å². The summed E-state index contributed by atoms with van der Waals surface area (Å²) in [6.45, 7) is 12.4. The molecule has 0 radical (unpaired) electrons. The molecule has 4 aliphatic rings. The molecule has 1 aliphatic heterocycles. The molecule has 4 fully saturated rings. The summed E-state index contributed by atoms with van der Waals surface area (Å²) >= 11 is 0. The maximum atomic E-state index is 14.4. The first-order valence-electron chi connectivity index (χ1n) is 17.0. The van der Waals surface area contributed by atoms with Gasteiger partial charge >= 0.3 is 12.1 Å². The van der Waals surface area contributed by atoms with Crippen molar-refractivity contribution in [2.75, 3.05) is 19.7 Å². The molecule has 3 saturated carbocycles. The van der Waals surface area contributed by atoms with E-state index < -0.39 is 59.3 Å². The molecule has 3 aliphatic carbocycles. The quantitative estimate of drug-likeness (QED) is 0.190. The van der Waals surface area contributed by atoms with Crippen molar-refractivity contribution < 1.29 is 33.5 Å². The Morgan fingerprint density at radius 2 is 1.61 bits per heavy atom. The van der Waals surface area contributed by atoms with Crippen molar-refractivity contribution in [3.05, 3.63) is 0 Å². The third kappa shape index (κ3) is 8.31. The van der Waals surface area contributed by atoms with Gasteiger partial charge in [-0.1, -0.05) is 66.7 Å². The largest absolute Gasteiger partial charge is 0.447 e. The molecule has 258 valence electrons. The van der Waals surface area contributed by atoms with Gasteiger partial charge in [-0.2, -0.15) is 0 Å². The molecule has 0 bridgehead atoms. The number of hydrogen-bond donors (Lipinski definition) is 5. The first-order valence-corrected chi connectivity index (χ1v) is 17.0. The molecule has 6 N–H and O–H groups in total. The Hall–Kier alpha value is -3.38. The summed E-state index contributed by atoms with van der Waals surface area (Å²) in [4.78, 5) is 79.8. The van der Waals surface area contributed by atoms with Crippen LogP contribution in [0, 0.1) is 34.5 Å². The van der Waals surface area contributed by atoms with Gasteiger partial charge in [0, 0.05) is 13.1 Å². The Balaban J connectivity index is 1.53. The average Bonchev–Trinajstić information content (AvgIpc) is 3.84. The van der Waals surface area contributed by atoms with Crippen LogP contribution in [0.15, 0.2) is 0 Å². The topological polar surface area (TPSA) is 189 Å². The fourth-order valence-electron chi connectivity index (χ4n) is 7.39. The molecule has 6 atom stereocenters. The van der Waals surface area contributed by atoms with E-state index in [1.54, 1.807) is 11.8 Å². The van der Waals surface area contributed by atoms with Gasteiger partial charge in [-0.25, -0.2) is 9.59 Å². The number of ether oxygens (including phenoxy) is 1. The summed E-state index contributed by atoms with van der Waals surface area (Å²) in [6, 6.07) is -3.81. The maximum Gasteiger partial charge on any atom is 0.407 e. The highest BCUT2D eigenvalue weighted by Gasteiger charge is 2.69. The number of ketones is 1. The third-order valence-corrected chi connectivity index (χ3v) is 10.6. The highest BCUT2D eigenvalue weighted by molar-refractivity contribution is 6.37. The summed E-state index contributed by atoms with van der Waals surface area (Å²) in [6.07, 6.45) is 6.06. The van der Waals surface area contributed by atoms with E-state index in [4.69, 9.17) is 10.5 Å². The predicted octanol–water partition coefficient (Wildman–Crippen LogP) is 2.22. The Bertz CT molecular complexity index is 1190. The van der Waals surface area contributed by atoms with E-state index in [-0.39, 0.29) is 41.6 Å². The SMILES string of the molecule is CCNC(=O)OC[C@@H](NC(=O)N[C@H](C(=O)N1C[C@H]2[C@@H]([C@H]1C(=O)NC(CC1CC1)C(=O)C(N)=O)C2(C)C)C1CCCCC1)C(C)(C)C. The predicted molar refractivity (Wildman–Crippen MR) is 170 cm³/mol. The van der Waals surface area contributed by atoms with E-state index in [2.05, 4.69) is 35.1 Å². The molecule has 1 saturated heterocycles.